The number of amides is 3. The van der Waals surface area contributed by atoms with Crippen LogP contribution in [-0.4, -0.2) is 68.1 Å². The fourth-order valence-corrected chi connectivity index (χ4v) is 4.48. The number of benzene rings is 2. The molecule has 0 spiro atoms. The Morgan fingerprint density at radius 3 is 1.97 bits per heavy atom. The van der Waals surface area contributed by atoms with Crippen molar-refractivity contribution < 1.29 is 32.8 Å². The average Bonchev–Trinajstić information content (AvgIpc) is 2.88. The molecule has 12 heteroatoms. The van der Waals surface area contributed by atoms with Gasteiger partial charge in [-0.15, -0.1) is 0 Å². The first-order valence-electron chi connectivity index (χ1n) is 13.0. The number of rotatable bonds is 14. The molecule has 0 aliphatic heterocycles. The monoisotopic (exact) mass is 559 g/mol. The summed E-state index contributed by atoms with van der Waals surface area (Å²) in [5.74, 6) is -2.74. The van der Waals surface area contributed by atoms with Gasteiger partial charge in [0.15, 0.2) is 9.84 Å². The van der Waals surface area contributed by atoms with Crippen LogP contribution in [0.4, 0.5) is 0 Å². The molecule has 5 N–H and O–H groups in total. The van der Waals surface area contributed by atoms with Crippen molar-refractivity contribution in [2.45, 2.75) is 63.3 Å². The third-order valence-corrected chi connectivity index (χ3v) is 7.21. The van der Waals surface area contributed by atoms with Gasteiger partial charge in [-0.25, -0.2) is 8.42 Å². The zero-order valence-electron chi connectivity index (χ0n) is 22.8. The molecule has 0 aromatic heterocycles. The Hall–Kier alpha value is -3.22. The predicted octanol–water partition coefficient (Wildman–Crippen LogP) is 1.50. The molecule has 0 heterocycles. The second kappa shape index (κ2) is 14.8. The maximum absolute atomic E-state index is 13.1. The smallest absolute Gasteiger partial charge is 0.426 e. The molecule has 0 bridgehead atoms. The topological polar surface area (TPSA) is 162 Å². The van der Waals surface area contributed by atoms with Crippen LogP contribution in [0.25, 0.3) is 0 Å². The number of carbonyl (C=O) groups excluding carboxylic acids is 3. The van der Waals surface area contributed by atoms with E-state index in [1.54, 1.807) is 12.1 Å². The van der Waals surface area contributed by atoms with Crippen LogP contribution in [0.2, 0.25) is 0 Å². The quantitative estimate of drug-likeness (QED) is 0.219. The first-order chi connectivity index (χ1) is 18.3. The first kappa shape index (κ1) is 32.0. The van der Waals surface area contributed by atoms with Gasteiger partial charge < -0.3 is 26.0 Å². The molecule has 0 saturated heterocycles. The Balaban J connectivity index is 2.19. The molecule has 0 aliphatic rings. The Morgan fingerprint density at radius 2 is 1.46 bits per heavy atom. The van der Waals surface area contributed by atoms with Crippen molar-refractivity contribution in [2.24, 2.45) is 5.92 Å². The van der Waals surface area contributed by atoms with Gasteiger partial charge >= 0.3 is 7.12 Å². The lowest BCUT2D eigenvalue weighted by atomic mass is 9.75. The van der Waals surface area contributed by atoms with Gasteiger partial charge in [0, 0.05) is 23.9 Å². The summed E-state index contributed by atoms with van der Waals surface area (Å²) in [5.41, 5.74) is 1.58. The van der Waals surface area contributed by atoms with Crippen molar-refractivity contribution >= 4 is 34.7 Å². The van der Waals surface area contributed by atoms with Crippen LogP contribution in [0.3, 0.4) is 0 Å². The maximum Gasteiger partial charge on any atom is 0.475 e. The number of sulfone groups is 1. The Morgan fingerprint density at radius 1 is 0.897 bits per heavy atom. The van der Waals surface area contributed by atoms with E-state index in [2.05, 4.69) is 22.9 Å². The van der Waals surface area contributed by atoms with Crippen LogP contribution in [0.15, 0.2) is 53.4 Å². The van der Waals surface area contributed by atoms with E-state index in [0.717, 1.165) is 31.1 Å². The van der Waals surface area contributed by atoms with Gasteiger partial charge in [0.2, 0.25) is 5.91 Å². The summed E-state index contributed by atoms with van der Waals surface area (Å²) in [6.07, 6.45) is 4.30. The van der Waals surface area contributed by atoms with Gasteiger partial charge in [0.05, 0.1) is 10.8 Å². The first-order valence-corrected chi connectivity index (χ1v) is 14.9. The van der Waals surface area contributed by atoms with Crippen LogP contribution >= 0.6 is 0 Å². The van der Waals surface area contributed by atoms with Gasteiger partial charge in [-0.05, 0) is 67.1 Å². The summed E-state index contributed by atoms with van der Waals surface area (Å²) in [6.45, 7) is 5.52. The van der Waals surface area contributed by atoms with E-state index in [1.165, 1.54) is 24.3 Å². The van der Waals surface area contributed by atoms with E-state index in [0.29, 0.717) is 5.56 Å². The summed E-state index contributed by atoms with van der Waals surface area (Å²) < 4.78 is 23.3. The van der Waals surface area contributed by atoms with Gasteiger partial charge in [0.1, 0.15) is 6.04 Å². The van der Waals surface area contributed by atoms with Gasteiger partial charge in [-0.3, -0.25) is 14.4 Å². The minimum Gasteiger partial charge on any atom is -0.426 e. The van der Waals surface area contributed by atoms with E-state index in [-0.39, 0.29) is 29.3 Å². The molecule has 0 radical (unpaired) electrons. The molecule has 0 unspecified atom stereocenters. The summed E-state index contributed by atoms with van der Waals surface area (Å²) in [6, 6.07) is 11.1. The van der Waals surface area contributed by atoms with Gasteiger partial charge in [-0.2, -0.15) is 0 Å². The largest absolute Gasteiger partial charge is 0.475 e. The molecule has 2 atom stereocenters. The van der Waals surface area contributed by atoms with E-state index in [4.69, 9.17) is 0 Å². The standard InChI is InChI=1S/C27H38BN3O7S/c1-5-6-7-19-8-10-21(11-9-19)26(33)30-23(27(34)31-24(28(35)36)16-18(2)3)17-29-25(32)20-12-14-22(15-13-20)39(4,37)38/h8-15,18,23-24,35-36H,5-7,16-17H2,1-4H3,(H,29,32)(H,30,33)(H,31,34)/t23-,24-/m0/s1. The van der Waals surface area contributed by atoms with E-state index >= 15 is 0 Å². The summed E-state index contributed by atoms with van der Waals surface area (Å²) >= 11 is 0. The van der Waals surface area contributed by atoms with E-state index < -0.39 is 46.7 Å². The molecule has 2 aromatic rings. The molecule has 10 nitrogen and oxygen atoms in total. The highest BCUT2D eigenvalue weighted by molar-refractivity contribution is 7.90. The predicted molar refractivity (Wildman–Crippen MR) is 150 cm³/mol. The van der Waals surface area contributed by atoms with Crippen molar-refractivity contribution in [3.05, 3.63) is 65.2 Å². The van der Waals surface area contributed by atoms with Crippen LogP contribution in [0.1, 0.15) is 66.3 Å². The lowest BCUT2D eigenvalue weighted by molar-refractivity contribution is -0.123. The zero-order chi connectivity index (χ0) is 29.2. The molecule has 212 valence electrons. The second-order valence-electron chi connectivity index (χ2n) is 9.99. The molecular weight excluding hydrogens is 521 g/mol. The maximum atomic E-state index is 13.1. The van der Waals surface area contributed by atoms with Crippen LogP contribution in [-0.2, 0) is 21.1 Å². The highest BCUT2D eigenvalue weighted by atomic mass is 32.2. The molecule has 2 aromatic carbocycles. The van der Waals surface area contributed by atoms with Gasteiger partial charge in [-0.1, -0.05) is 39.3 Å². The van der Waals surface area contributed by atoms with E-state index in [9.17, 15) is 32.8 Å². The molecule has 2 rings (SSSR count). The number of hydrogen-bond acceptors (Lipinski definition) is 7. The summed E-state index contributed by atoms with van der Waals surface area (Å²) in [4.78, 5) is 38.8. The molecular formula is C27H38BN3O7S. The fourth-order valence-electron chi connectivity index (χ4n) is 3.85. The SMILES string of the molecule is CCCCc1ccc(C(=O)N[C@@H](CNC(=O)c2ccc(S(C)(=O)=O)cc2)C(=O)N[C@@H](CC(C)C)B(O)O)cc1. The van der Waals surface area contributed by atoms with Crippen molar-refractivity contribution in [3.8, 4) is 0 Å². The number of aryl methyl sites for hydroxylation is 1. The number of unbranched alkanes of at least 4 members (excludes halogenated alkanes) is 1. The Kier molecular flexibility index (Phi) is 12.1. The lowest BCUT2D eigenvalue weighted by Crippen LogP contribution is -2.57. The number of nitrogens with one attached hydrogen (secondary N) is 3. The number of hydrogen-bond donors (Lipinski definition) is 5. The van der Waals surface area contributed by atoms with Crippen molar-refractivity contribution in [3.63, 3.8) is 0 Å². The summed E-state index contributed by atoms with van der Waals surface area (Å²) in [7, 11) is -5.24. The second-order valence-corrected chi connectivity index (χ2v) is 12.0. The summed E-state index contributed by atoms with van der Waals surface area (Å²) in [5, 5.41) is 27.2. The third-order valence-electron chi connectivity index (χ3n) is 6.08. The van der Waals surface area contributed by atoms with Crippen molar-refractivity contribution in [1.82, 2.24) is 16.0 Å². The normalized spacial score (nSPS) is 12.9. The molecule has 0 fully saturated rings. The fraction of sp³-hybridized carbons (Fsp3) is 0.444. The van der Waals surface area contributed by atoms with Gasteiger partial charge in [0.25, 0.3) is 11.8 Å². The molecule has 0 aliphatic carbocycles. The van der Waals surface area contributed by atoms with Crippen LogP contribution < -0.4 is 16.0 Å². The Bertz CT molecular complexity index is 1220. The highest BCUT2D eigenvalue weighted by Crippen LogP contribution is 2.11. The van der Waals surface area contributed by atoms with Crippen molar-refractivity contribution in [2.75, 3.05) is 12.8 Å². The van der Waals surface area contributed by atoms with Crippen LogP contribution in [0.5, 0.6) is 0 Å². The van der Waals surface area contributed by atoms with Crippen molar-refractivity contribution in [1.29, 1.82) is 0 Å². The highest BCUT2D eigenvalue weighted by Gasteiger charge is 2.30. The minimum absolute atomic E-state index is 0.0472. The van der Waals surface area contributed by atoms with E-state index in [1.807, 2.05) is 26.0 Å². The minimum atomic E-state index is -3.43. The third kappa shape index (κ3) is 10.5. The number of carbonyl (C=O) groups is 3. The molecule has 3 amide bonds. The average molecular weight is 559 g/mol. The Labute approximate surface area is 230 Å². The lowest BCUT2D eigenvalue weighted by Gasteiger charge is -2.24. The zero-order valence-corrected chi connectivity index (χ0v) is 23.6. The van der Waals surface area contributed by atoms with Crippen LogP contribution in [0, 0.1) is 5.92 Å². The molecule has 39 heavy (non-hydrogen) atoms. The molecule has 0 saturated carbocycles.